The SMILES string of the molecule is COc1cc(OC)c(OC)cc1C=NNC(=O)c1cc(-c2ccccc2)n[nH]1. The summed E-state index contributed by atoms with van der Waals surface area (Å²) < 4.78 is 15.8. The van der Waals surface area contributed by atoms with Crippen molar-refractivity contribution in [3.63, 3.8) is 0 Å². The van der Waals surface area contributed by atoms with Crippen molar-refractivity contribution in [2.24, 2.45) is 5.10 Å². The summed E-state index contributed by atoms with van der Waals surface area (Å²) in [6, 6.07) is 14.6. The summed E-state index contributed by atoms with van der Waals surface area (Å²) in [5.74, 6) is 1.18. The molecule has 8 heteroatoms. The molecule has 8 nitrogen and oxygen atoms in total. The zero-order valence-corrected chi connectivity index (χ0v) is 15.7. The summed E-state index contributed by atoms with van der Waals surface area (Å²) in [5.41, 5.74) is 4.97. The Morgan fingerprint density at radius 1 is 1.00 bits per heavy atom. The summed E-state index contributed by atoms with van der Waals surface area (Å²) in [7, 11) is 4.61. The van der Waals surface area contributed by atoms with Crippen molar-refractivity contribution in [2.75, 3.05) is 21.3 Å². The topological polar surface area (TPSA) is 97.8 Å². The number of hydrogen-bond acceptors (Lipinski definition) is 6. The molecule has 0 atom stereocenters. The van der Waals surface area contributed by atoms with Crippen LogP contribution < -0.4 is 19.6 Å². The molecular formula is C20H20N4O4. The van der Waals surface area contributed by atoms with Gasteiger partial charge in [-0.25, -0.2) is 5.43 Å². The van der Waals surface area contributed by atoms with Gasteiger partial charge in [0.1, 0.15) is 11.4 Å². The van der Waals surface area contributed by atoms with E-state index in [1.807, 2.05) is 30.3 Å². The van der Waals surface area contributed by atoms with Crippen LogP contribution in [-0.2, 0) is 0 Å². The van der Waals surface area contributed by atoms with Crippen molar-refractivity contribution in [1.82, 2.24) is 15.6 Å². The van der Waals surface area contributed by atoms with Crippen molar-refractivity contribution in [1.29, 1.82) is 0 Å². The Balaban J connectivity index is 1.73. The number of hydrogen-bond donors (Lipinski definition) is 2. The average molecular weight is 380 g/mol. The lowest BCUT2D eigenvalue weighted by molar-refractivity contribution is 0.0950. The minimum atomic E-state index is -0.412. The molecule has 1 amide bonds. The van der Waals surface area contributed by atoms with Gasteiger partial charge < -0.3 is 14.2 Å². The van der Waals surface area contributed by atoms with Crippen molar-refractivity contribution in [3.05, 3.63) is 59.8 Å². The smallest absolute Gasteiger partial charge is 0.289 e. The number of ether oxygens (including phenoxy) is 3. The van der Waals surface area contributed by atoms with E-state index in [9.17, 15) is 4.79 Å². The number of hydrazone groups is 1. The normalized spacial score (nSPS) is 10.7. The molecule has 2 aromatic carbocycles. The van der Waals surface area contributed by atoms with Crippen LogP contribution in [0, 0.1) is 0 Å². The molecule has 3 aromatic rings. The number of amides is 1. The van der Waals surface area contributed by atoms with E-state index in [0.29, 0.717) is 34.2 Å². The van der Waals surface area contributed by atoms with Crippen molar-refractivity contribution < 1.29 is 19.0 Å². The Labute approximate surface area is 162 Å². The number of nitrogens with zero attached hydrogens (tertiary/aromatic N) is 2. The number of aromatic nitrogens is 2. The van der Waals surface area contributed by atoms with Crippen LogP contribution >= 0.6 is 0 Å². The molecule has 0 aliphatic carbocycles. The van der Waals surface area contributed by atoms with Gasteiger partial charge in [-0.05, 0) is 12.1 Å². The number of nitrogens with one attached hydrogen (secondary N) is 2. The maximum absolute atomic E-state index is 12.3. The van der Waals surface area contributed by atoms with Gasteiger partial charge in [0.2, 0.25) is 0 Å². The lowest BCUT2D eigenvalue weighted by Crippen LogP contribution is -2.18. The third kappa shape index (κ3) is 4.12. The fourth-order valence-corrected chi connectivity index (χ4v) is 2.57. The molecule has 2 N–H and O–H groups in total. The highest BCUT2D eigenvalue weighted by Gasteiger charge is 2.12. The minimum Gasteiger partial charge on any atom is -0.496 e. The number of rotatable bonds is 7. The molecule has 0 aliphatic heterocycles. The first-order valence-corrected chi connectivity index (χ1v) is 8.40. The molecule has 0 fully saturated rings. The van der Waals surface area contributed by atoms with E-state index in [4.69, 9.17) is 14.2 Å². The summed E-state index contributed by atoms with van der Waals surface area (Å²) >= 11 is 0. The van der Waals surface area contributed by atoms with Crippen LogP contribution in [0.2, 0.25) is 0 Å². The third-order valence-electron chi connectivity index (χ3n) is 4.00. The quantitative estimate of drug-likeness (QED) is 0.485. The number of carbonyl (C=O) groups excluding carboxylic acids is 1. The van der Waals surface area contributed by atoms with Crippen LogP contribution in [0.15, 0.2) is 53.6 Å². The summed E-state index contributed by atoms with van der Waals surface area (Å²) in [4.78, 5) is 12.3. The Bertz CT molecular complexity index is 983. The number of H-pyrrole nitrogens is 1. The summed E-state index contributed by atoms with van der Waals surface area (Å²) in [5, 5.41) is 10.9. The van der Waals surface area contributed by atoms with E-state index in [1.54, 1.807) is 25.3 Å². The number of aromatic amines is 1. The third-order valence-corrected chi connectivity index (χ3v) is 4.00. The lowest BCUT2D eigenvalue weighted by Gasteiger charge is -2.11. The Kier molecular flexibility index (Phi) is 5.91. The molecule has 28 heavy (non-hydrogen) atoms. The second-order valence-electron chi connectivity index (χ2n) is 5.68. The van der Waals surface area contributed by atoms with Gasteiger partial charge in [0.25, 0.3) is 5.91 Å². The van der Waals surface area contributed by atoms with E-state index < -0.39 is 5.91 Å². The predicted molar refractivity (Wildman–Crippen MR) is 105 cm³/mol. The second kappa shape index (κ2) is 8.72. The molecule has 1 heterocycles. The van der Waals surface area contributed by atoms with Crippen molar-refractivity contribution >= 4 is 12.1 Å². The van der Waals surface area contributed by atoms with E-state index in [-0.39, 0.29) is 0 Å². The molecule has 0 saturated heterocycles. The van der Waals surface area contributed by atoms with Crippen molar-refractivity contribution in [3.8, 4) is 28.5 Å². The molecule has 0 spiro atoms. The molecular weight excluding hydrogens is 360 g/mol. The molecule has 1 aromatic heterocycles. The Morgan fingerprint density at radius 3 is 2.36 bits per heavy atom. The fourth-order valence-electron chi connectivity index (χ4n) is 2.57. The van der Waals surface area contributed by atoms with Gasteiger partial charge in [0.05, 0.1) is 33.2 Å². The maximum atomic E-state index is 12.3. The van der Waals surface area contributed by atoms with Gasteiger partial charge in [-0.1, -0.05) is 30.3 Å². The van der Waals surface area contributed by atoms with Crippen LogP contribution in [0.4, 0.5) is 0 Å². The fraction of sp³-hybridized carbons (Fsp3) is 0.150. The lowest BCUT2D eigenvalue weighted by atomic mass is 10.1. The van der Waals surface area contributed by atoms with Gasteiger partial charge in [-0.2, -0.15) is 10.2 Å². The van der Waals surface area contributed by atoms with Crippen LogP contribution in [0.5, 0.6) is 17.2 Å². The highest BCUT2D eigenvalue weighted by molar-refractivity contribution is 5.94. The largest absolute Gasteiger partial charge is 0.496 e. The minimum absolute atomic E-state index is 0.301. The van der Waals surface area contributed by atoms with Crippen molar-refractivity contribution in [2.45, 2.75) is 0 Å². The van der Waals surface area contributed by atoms with Gasteiger partial charge in [0, 0.05) is 17.2 Å². The zero-order chi connectivity index (χ0) is 19.9. The van der Waals surface area contributed by atoms with E-state index in [0.717, 1.165) is 5.56 Å². The molecule has 144 valence electrons. The molecule has 0 aliphatic rings. The summed E-state index contributed by atoms with van der Waals surface area (Å²) in [6.45, 7) is 0. The first-order chi connectivity index (χ1) is 13.7. The molecule has 0 unspecified atom stereocenters. The molecule has 0 radical (unpaired) electrons. The monoisotopic (exact) mass is 380 g/mol. The highest BCUT2D eigenvalue weighted by atomic mass is 16.5. The van der Waals surface area contributed by atoms with Gasteiger partial charge in [0.15, 0.2) is 11.5 Å². The van der Waals surface area contributed by atoms with E-state index >= 15 is 0 Å². The van der Waals surface area contributed by atoms with Crippen LogP contribution in [0.25, 0.3) is 11.3 Å². The van der Waals surface area contributed by atoms with Gasteiger partial charge >= 0.3 is 0 Å². The van der Waals surface area contributed by atoms with Gasteiger partial charge in [-0.3, -0.25) is 9.89 Å². The molecule has 0 saturated carbocycles. The van der Waals surface area contributed by atoms with Crippen LogP contribution in [0.1, 0.15) is 16.1 Å². The molecule has 0 bridgehead atoms. The summed E-state index contributed by atoms with van der Waals surface area (Å²) in [6.07, 6.45) is 1.47. The van der Waals surface area contributed by atoms with Crippen LogP contribution in [0.3, 0.4) is 0 Å². The Morgan fingerprint density at radius 2 is 1.68 bits per heavy atom. The maximum Gasteiger partial charge on any atom is 0.289 e. The number of carbonyl (C=O) groups is 1. The number of methoxy groups -OCH3 is 3. The average Bonchev–Trinajstić information content (AvgIpc) is 3.24. The predicted octanol–water partition coefficient (Wildman–Crippen LogP) is 2.87. The standard InChI is InChI=1S/C20H20N4O4/c1-26-17-11-19(28-3)18(27-2)9-14(17)12-21-24-20(25)16-10-15(22-23-16)13-7-5-4-6-8-13/h4-12H,1-3H3,(H,22,23)(H,24,25). The highest BCUT2D eigenvalue weighted by Crippen LogP contribution is 2.33. The Hall–Kier alpha value is -3.81. The first-order valence-electron chi connectivity index (χ1n) is 8.40. The van der Waals surface area contributed by atoms with Gasteiger partial charge in [-0.15, -0.1) is 0 Å². The van der Waals surface area contributed by atoms with Crippen LogP contribution in [-0.4, -0.2) is 43.6 Å². The zero-order valence-electron chi connectivity index (χ0n) is 15.7. The second-order valence-corrected chi connectivity index (χ2v) is 5.68. The van der Waals surface area contributed by atoms with E-state index in [1.165, 1.54) is 20.4 Å². The number of benzene rings is 2. The van der Waals surface area contributed by atoms with E-state index in [2.05, 4.69) is 20.7 Å². The first kappa shape index (κ1) is 19.0. The molecule has 3 rings (SSSR count).